The van der Waals surface area contributed by atoms with Crippen LogP contribution in [0.1, 0.15) is 43.7 Å². The number of hydrogen-bond acceptors (Lipinski definition) is 2. The molecule has 0 spiro atoms. The number of ether oxygens (including phenoxy) is 1. The van der Waals surface area contributed by atoms with Gasteiger partial charge in [0.05, 0.1) is 12.2 Å². The number of nitrogens with two attached hydrogens (primary N) is 1. The molecule has 0 atom stereocenters. The number of aryl methyl sites for hydroxylation is 1. The molecule has 0 saturated carbocycles. The van der Waals surface area contributed by atoms with E-state index in [0.29, 0.717) is 4.99 Å². The fourth-order valence-electron chi connectivity index (χ4n) is 1.66. The molecule has 94 valence electrons. The number of rotatable bonds is 7. The van der Waals surface area contributed by atoms with Crippen LogP contribution in [0.5, 0.6) is 5.75 Å². The molecule has 2 N–H and O–H groups in total. The Labute approximate surface area is 109 Å². The van der Waals surface area contributed by atoms with Crippen molar-refractivity contribution < 1.29 is 4.74 Å². The monoisotopic (exact) mass is 251 g/mol. The van der Waals surface area contributed by atoms with Crippen LogP contribution in [0.25, 0.3) is 0 Å². The van der Waals surface area contributed by atoms with Crippen LogP contribution in [0.4, 0.5) is 0 Å². The number of thiocarbonyl (C=S) groups is 1. The number of benzene rings is 1. The Kier molecular flexibility index (Phi) is 5.98. The van der Waals surface area contributed by atoms with E-state index >= 15 is 0 Å². The molecule has 0 heterocycles. The first-order chi connectivity index (χ1) is 8.15. The smallest absolute Gasteiger partial charge is 0.129 e. The van der Waals surface area contributed by atoms with Crippen molar-refractivity contribution in [3.05, 3.63) is 29.3 Å². The molecule has 0 radical (unpaired) electrons. The van der Waals surface area contributed by atoms with Crippen LogP contribution in [0.2, 0.25) is 0 Å². The molecule has 1 aromatic carbocycles. The van der Waals surface area contributed by atoms with Gasteiger partial charge < -0.3 is 10.5 Å². The number of hydrogen-bond donors (Lipinski definition) is 1. The van der Waals surface area contributed by atoms with Crippen LogP contribution in [0.3, 0.4) is 0 Å². The molecular formula is C14H21NOS. The largest absolute Gasteiger partial charge is 0.493 e. The molecule has 0 aliphatic heterocycles. The molecule has 0 saturated heterocycles. The highest BCUT2D eigenvalue weighted by Gasteiger charge is 2.06. The van der Waals surface area contributed by atoms with Crippen LogP contribution in [0.15, 0.2) is 18.2 Å². The van der Waals surface area contributed by atoms with E-state index in [4.69, 9.17) is 22.7 Å². The van der Waals surface area contributed by atoms with Crippen molar-refractivity contribution in [2.75, 3.05) is 6.61 Å². The van der Waals surface area contributed by atoms with Crippen LogP contribution in [-0.4, -0.2) is 11.6 Å². The molecule has 2 nitrogen and oxygen atoms in total. The molecule has 0 aromatic heterocycles. The van der Waals surface area contributed by atoms with Crippen LogP contribution in [0, 0.1) is 6.92 Å². The molecule has 0 aliphatic rings. The second kappa shape index (κ2) is 7.28. The third kappa shape index (κ3) is 4.73. The predicted molar refractivity (Wildman–Crippen MR) is 76.7 cm³/mol. The Hall–Kier alpha value is -1.09. The van der Waals surface area contributed by atoms with Gasteiger partial charge in [0.1, 0.15) is 10.7 Å². The van der Waals surface area contributed by atoms with Crippen molar-refractivity contribution in [2.24, 2.45) is 5.73 Å². The lowest BCUT2D eigenvalue weighted by Crippen LogP contribution is -2.12. The van der Waals surface area contributed by atoms with E-state index < -0.39 is 0 Å². The fraction of sp³-hybridized carbons (Fsp3) is 0.500. The van der Waals surface area contributed by atoms with E-state index in [1.165, 1.54) is 19.3 Å². The lowest BCUT2D eigenvalue weighted by molar-refractivity contribution is 0.304. The summed E-state index contributed by atoms with van der Waals surface area (Å²) in [5.41, 5.74) is 7.66. The average molecular weight is 251 g/mol. The van der Waals surface area contributed by atoms with Crippen molar-refractivity contribution in [1.82, 2.24) is 0 Å². The maximum absolute atomic E-state index is 5.76. The molecule has 1 aromatic rings. The van der Waals surface area contributed by atoms with Crippen molar-refractivity contribution in [3.8, 4) is 5.75 Å². The van der Waals surface area contributed by atoms with Crippen molar-refractivity contribution in [3.63, 3.8) is 0 Å². The Morgan fingerprint density at radius 1 is 1.29 bits per heavy atom. The highest BCUT2D eigenvalue weighted by Crippen LogP contribution is 2.20. The van der Waals surface area contributed by atoms with Gasteiger partial charge in [-0.1, -0.05) is 44.5 Å². The topological polar surface area (TPSA) is 35.2 Å². The van der Waals surface area contributed by atoms with E-state index in [0.717, 1.165) is 29.9 Å². The van der Waals surface area contributed by atoms with Gasteiger partial charge in [-0.2, -0.15) is 0 Å². The quantitative estimate of drug-likeness (QED) is 0.594. The standard InChI is InChI=1S/C14H21NOS/c1-3-4-5-6-9-16-13-10-11(2)7-8-12(13)14(15)17/h7-8,10H,3-6,9H2,1-2H3,(H2,15,17). The zero-order valence-electron chi connectivity index (χ0n) is 10.7. The Bertz CT molecular complexity index is 376. The second-order valence-corrected chi connectivity index (χ2v) is 4.71. The SMILES string of the molecule is CCCCCCOc1cc(C)ccc1C(N)=S. The summed E-state index contributed by atoms with van der Waals surface area (Å²) in [6, 6.07) is 5.92. The Morgan fingerprint density at radius 2 is 2.06 bits per heavy atom. The first kappa shape index (κ1) is 14.0. The second-order valence-electron chi connectivity index (χ2n) is 4.27. The summed E-state index contributed by atoms with van der Waals surface area (Å²) in [6.45, 7) is 4.97. The minimum atomic E-state index is 0.397. The minimum Gasteiger partial charge on any atom is -0.493 e. The zero-order valence-corrected chi connectivity index (χ0v) is 11.5. The van der Waals surface area contributed by atoms with Gasteiger partial charge in [0.2, 0.25) is 0 Å². The van der Waals surface area contributed by atoms with Gasteiger partial charge in [-0.3, -0.25) is 0 Å². The van der Waals surface area contributed by atoms with Crippen molar-refractivity contribution >= 4 is 17.2 Å². The fourth-order valence-corrected chi connectivity index (χ4v) is 1.83. The van der Waals surface area contributed by atoms with Gasteiger partial charge >= 0.3 is 0 Å². The minimum absolute atomic E-state index is 0.397. The lowest BCUT2D eigenvalue weighted by atomic mass is 10.1. The Morgan fingerprint density at radius 3 is 2.71 bits per heavy atom. The normalized spacial score (nSPS) is 10.2. The average Bonchev–Trinajstić information content (AvgIpc) is 2.28. The van der Waals surface area contributed by atoms with Gasteiger partial charge in [0.15, 0.2) is 0 Å². The summed E-state index contributed by atoms with van der Waals surface area (Å²) in [4.78, 5) is 0.397. The number of unbranched alkanes of at least 4 members (excludes halogenated alkanes) is 3. The third-order valence-corrected chi connectivity index (χ3v) is 2.88. The summed E-state index contributed by atoms with van der Waals surface area (Å²) in [5, 5.41) is 0. The molecule has 0 aliphatic carbocycles. The molecular weight excluding hydrogens is 230 g/mol. The summed E-state index contributed by atoms with van der Waals surface area (Å²) in [7, 11) is 0. The van der Waals surface area contributed by atoms with E-state index in [9.17, 15) is 0 Å². The predicted octanol–water partition coefficient (Wildman–Crippen LogP) is 3.59. The molecule has 0 bridgehead atoms. The zero-order chi connectivity index (χ0) is 12.7. The van der Waals surface area contributed by atoms with Gasteiger partial charge in [-0.25, -0.2) is 0 Å². The first-order valence-electron chi connectivity index (χ1n) is 6.18. The van der Waals surface area contributed by atoms with Crippen LogP contribution >= 0.6 is 12.2 Å². The maximum Gasteiger partial charge on any atom is 0.129 e. The van der Waals surface area contributed by atoms with Crippen LogP contribution in [-0.2, 0) is 0 Å². The molecule has 0 amide bonds. The van der Waals surface area contributed by atoms with Gasteiger partial charge in [0, 0.05) is 0 Å². The van der Waals surface area contributed by atoms with Gasteiger partial charge in [-0.15, -0.1) is 0 Å². The lowest BCUT2D eigenvalue weighted by Gasteiger charge is -2.11. The Balaban J connectivity index is 2.56. The summed E-state index contributed by atoms with van der Waals surface area (Å²) in [5.74, 6) is 0.814. The van der Waals surface area contributed by atoms with E-state index in [-0.39, 0.29) is 0 Å². The first-order valence-corrected chi connectivity index (χ1v) is 6.59. The molecule has 17 heavy (non-hydrogen) atoms. The maximum atomic E-state index is 5.76. The van der Waals surface area contributed by atoms with E-state index in [1.54, 1.807) is 0 Å². The van der Waals surface area contributed by atoms with Gasteiger partial charge in [-0.05, 0) is 31.0 Å². The van der Waals surface area contributed by atoms with E-state index in [1.807, 2.05) is 25.1 Å². The molecule has 1 rings (SSSR count). The van der Waals surface area contributed by atoms with Crippen LogP contribution < -0.4 is 10.5 Å². The molecule has 3 heteroatoms. The molecule has 0 unspecified atom stereocenters. The van der Waals surface area contributed by atoms with E-state index in [2.05, 4.69) is 6.92 Å². The highest BCUT2D eigenvalue weighted by molar-refractivity contribution is 7.80. The highest BCUT2D eigenvalue weighted by atomic mass is 32.1. The molecule has 0 fully saturated rings. The van der Waals surface area contributed by atoms with Crippen molar-refractivity contribution in [2.45, 2.75) is 39.5 Å². The summed E-state index contributed by atoms with van der Waals surface area (Å²) >= 11 is 5.01. The summed E-state index contributed by atoms with van der Waals surface area (Å²) < 4.78 is 5.76. The summed E-state index contributed by atoms with van der Waals surface area (Å²) in [6.07, 6.45) is 4.80. The third-order valence-electron chi connectivity index (χ3n) is 2.66. The van der Waals surface area contributed by atoms with Crippen molar-refractivity contribution in [1.29, 1.82) is 0 Å². The van der Waals surface area contributed by atoms with Gasteiger partial charge in [0.25, 0.3) is 0 Å².